The SMILES string of the molecule is CC(F)(F)F.c1ccc2c(c1)Cc1c(ccc3ccccc13)O2. The summed E-state index contributed by atoms with van der Waals surface area (Å²) in [5.41, 5.74) is 2.56. The molecule has 0 fully saturated rings. The van der Waals surface area contributed by atoms with E-state index in [1.165, 1.54) is 21.9 Å². The van der Waals surface area contributed by atoms with Crippen molar-refractivity contribution >= 4 is 10.8 Å². The summed E-state index contributed by atoms with van der Waals surface area (Å²) in [4.78, 5) is 0. The Labute approximate surface area is 132 Å². The Bertz CT molecular complexity index is 831. The van der Waals surface area contributed by atoms with Crippen molar-refractivity contribution in [2.24, 2.45) is 0 Å². The highest BCUT2D eigenvalue weighted by atomic mass is 19.4. The first-order valence-electron chi connectivity index (χ1n) is 7.25. The van der Waals surface area contributed by atoms with Crippen LogP contribution < -0.4 is 4.74 Å². The van der Waals surface area contributed by atoms with Crippen LogP contribution in [-0.2, 0) is 6.42 Å². The quantitative estimate of drug-likeness (QED) is 0.380. The van der Waals surface area contributed by atoms with Crippen LogP contribution in [0.25, 0.3) is 10.8 Å². The summed E-state index contributed by atoms with van der Waals surface area (Å²) in [5, 5.41) is 2.57. The van der Waals surface area contributed by atoms with E-state index in [1.54, 1.807) is 0 Å². The maximum Gasteiger partial charge on any atom is 0.386 e. The van der Waals surface area contributed by atoms with Gasteiger partial charge in [-0.2, -0.15) is 13.2 Å². The Kier molecular flexibility index (Phi) is 3.99. The van der Waals surface area contributed by atoms with Crippen molar-refractivity contribution in [3.8, 4) is 11.5 Å². The van der Waals surface area contributed by atoms with E-state index in [-0.39, 0.29) is 6.92 Å². The summed E-state index contributed by atoms with van der Waals surface area (Å²) in [6, 6.07) is 20.9. The Hall–Kier alpha value is -2.49. The lowest BCUT2D eigenvalue weighted by Gasteiger charge is -2.21. The number of halogens is 3. The van der Waals surface area contributed by atoms with Gasteiger partial charge in [0.15, 0.2) is 0 Å². The first-order chi connectivity index (χ1) is 10.9. The van der Waals surface area contributed by atoms with Crippen LogP contribution >= 0.6 is 0 Å². The fraction of sp³-hybridized carbons (Fsp3) is 0.158. The Morgan fingerprint density at radius 3 is 2.26 bits per heavy atom. The number of hydrogen-bond donors (Lipinski definition) is 0. The molecule has 118 valence electrons. The molecule has 0 saturated carbocycles. The molecular weight excluding hydrogens is 301 g/mol. The predicted octanol–water partition coefficient (Wildman–Crippen LogP) is 6.10. The summed E-state index contributed by atoms with van der Waals surface area (Å²) in [5.74, 6) is 1.98. The molecule has 0 atom stereocenters. The molecule has 23 heavy (non-hydrogen) atoms. The zero-order valence-corrected chi connectivity index (χ0v) is 12.5. The van der Waals surface area contributed by atoms with Crippen LogP contribution in [0.5, 0.6) is 11.5 Å². The molecule has 0 bridgehead atoms. The molecule has 1 nitrogen and oxygen atoms in total. The lowest BCUT2D eigenvalue weighted by molar-refractivity contribution is -0.110. The second-order valence-electron chi connectivity index (χ2n) is 5.43. The van der Waals surface area contributed by atoms with Crippen LogP contribution in [0.15, 0.2) is 60.7 Å². The minimum atomic E-state index is -4.00. The van der Waals surface area contributed by atoms with Crippen LogP contribution in [0.4, 0.5) is 13.2 Å². The standard InChI is InChI=1S/C17H12O.C2H3F3/c1-3-7-14-12(5-1)9-10-17-15(14)11-13-6-2-4-8-16(13)18-17;1-2(3,4)5/h1-10H,11H2;1H3. The van der Waals surface area contributed by atoms with Gasteiger partial charge in [-0.25, -0.2) is 0 Å². The lowest BCUT2D eigenvalue weighted by Crippen LogP contribution is -2.03. The van der Waals surface area contributed by atoms with Crippen molar-refractivity contribution in [2.75, 3.05) is 0 Å². The first-order valence-corrected chi connectivity index (χ1v) is 7.25. The van der Waals surface area contributed by atoms with E-state index in [0.717, 1.165) is 17.9 Å². The molecule has 0 N–H and O–H groups in total. The highest BCUT2D eigenvalue weighted by Gasteiger charge is 2.18. The lowest BCUT2D eigenvalue weighted by atomic mass is 9.95. The third kappa shape index (κ3) is 3.65. The van der Waals surface area contributed by atoms with Crippen LogP contribution in [0.3, 0.4) is 0 Å². The van der Waals surface area contributed by atoms with Gasteiger partial charge >= 0.3 is 6.18 Å². The van der Waals surface area contributed by atoms with E-state index >= 15 is 0 Å². The molecule has 3 aromatic rings. The van der Waals surface area contributed by atoms with Gasteiger partial charge in [-0.1, -0.05) is 48.5 Å². The van der Waals surface area contributed by atoms with Crippen molar-refractivity contribution in [1.82, 2.24) is 0 Å². The van der Waals surface area contributed by atoms with Gasteiger partial charge in [0.1, 0.15) is 11.5 Å². The normalized spacial score (nSPS) is 12.5. The Balaban J connectivity index is 0.000000276. The number of rotatable bonds is 0. The molecule has 0 aliphatic carbocycles. The van der Waals surface area contributed by atoms with Crippen LogP contribution in [0.1, 0.15) is 18.1 Å². The number of hydrogen-bond acceptors (Lipinski definition) is 1. The highest BCUT2D eigenvalue weighted by molar-refractivity contribution is 5.88. The molecule has 0 spiro atoms. The second-order valence-corrected chi connectivity index (χ2v) is 5.43. The Morgan fingerprint density at radius 1 is 0.826 bits per heavy atom. The molecule has 0 aromatic heterocycles. The zero-order valence-electron chi connectivity index (χ0n) is 12.5. The molecule has 3 aromatic carbocycles. The molecule has 0 unspecified atom stereocenters. The van der Waals surface area contributed by atoms with Crippen molar-refractivity contribution < 1.29 is 17.9 Å². The smallest absolute Gasteiger partial charge is 0.386 e. The zero-order chi connectivity index (χ0) is 16.4. The largest absolute Gasteiger partial charge is 0.457 e. The number of ether oxygens (including phenoxy) is 1. The fourth-order valence-electron chi connectivity index (χ4n) is 2.65. The van der Waals surface area contributed by atoms with Gasteiger partial charge in [-0.3, -0.25) is 0 Å². The molecule has 0 radical (unpaired) electrons. The van der Waals surface area contributed by atoms with E-state index in [2.05, 4.69) is 48.5 Å². The molecule has 1 aliphatic heterocycles. The van der Waals surface area contributed by atoms with Gasteiger partial charge in [0, 0.05) is 18.9 Å². The van der Waals surface area contributed by atoms with Gasteiger partial charge in [0.2, 0.25) is 0 Å². The van der Waals surface area contributed by atoms with Crippen LogP contribution in [0, 0.1) is 0 Å². The Morgan fingerprint density at radius 2 is 1.48 bits per heavy atom. The molecule has 4 rings (SSSR count). The molecule has 0 saturated heterocycles. The summed E-state index contributed by atoms with van der Waals surface area (Å²) in [7, 11) is 0. The topological polar surface area (TPSA) is 9.23 Å². The third-order valence-corrected chi connectivity index (χ3v) is 3.56. The van der Waals surface area contributed by atoms with E-state index in [0.29, 0.717) is 0 Å². The average molecular weight is 316 g/mol. The average Bonchev–Trinajstić information content (AvgIpc) is 2.51. The van der Waals surface area contributed by atoms with Crippen LogP contribution in [-0.4, -0.2) is 6.18 Å². The van der Waals surface area contributed by atoms with Crippen LogP contribution in [0.2, 0.25) is 0 Å². The van der Waals surface area contributed by atoms with E-state index < -0.39 is 6.18 Å². The van der Waals surface area contributed by atoms with E-state index in [9.17, 15) is 13.2 Å². The monoisotopic (exact) mass is 316 g/mol. The second kappa shape index (κ2) is 5.95. The van der Waals surface area contributed by atoms with Gasteiger partial charge in [0.05, 0.1) is 0 Å². The number of fused-ring (bicyclic) bond motifs is 4. The fourth-order valence-corrected chi connectivity index (χ4v) is 2.65. The summed E-state index contributed by atoms with van der Waals surface area (Å²) >= 11 is 0. The predicted molar refractivity (Wildman–Crippen MR) is 85.0 cm³/mol. The summed E-state index contributed by atoms with van der Waals surface area (Å²) in [6.45, 7) is 0.188. The van der Waals surface area contributed by atoms with Crippen molar-refractivity contribution in [3.63, 3.8) is 0 Å². The van der Waals surface area contributed by atoms with Gasteiger partial charge in [-0.05, 0) is 28.5 Å². The van der Waals surface area contributed by atoms with Gasteiger partial charge in [-0.15, -0.1) is 0 Å². The molecule has 1 heterocycles. The molecule has 1 aliphatic rings. The van der Waals surface area contributed by atoms with Gasteiger partial charge < -0.3 is 4.74 Å². The molecular formula is C19H15F3O. The van der Waals surface area contributed by atoms with E-state index in [4.69, 9.17) is 4.74 Å². The van der Waals surface area contributed by atoms with Crippen molar-refractivity contribution in [2.45, 2.75) is 19.5 Å². The molecule has 0 amide bonds. The maximum atomic E-state index is 10.4. The number of benzene rings is 3. The number of para-hydroxylation sites is 1. The van der Waals surface area contributed by atoms with Crippen molar-refractivity contribution in [1.29, 1.82) is 0 Å². The summed E-state index contributed by atoms with van der Waals surface area (Å²) < 4.78 is 37.0. The minimum Gasteiger partial charge on any atom is -0.457 e. The maximum absolute atomic E-state index is 10.4. The van der Waals surface area contributed by atoms with Gasteiger partial charge in [0.25, 0.3) is 0 Å². The first kappa shape index (κ1) is 15.4. The summed E-state index contributed by atoms with van der Waals surface area (Å²) in [6.07, 6.45) is -3.05. The molecule has 4 heteroatoms. The number of alkyl halides is 3. The van der Waals surface area contributed by atoms with Crippen molar-refractivity contribution in [3.05, 3.63) is 71.8 Å². The van der Waals surface area contributed by atoms with E-state index in [1.807, 2.05) is 12.1 Å². The minimum absolute atomic E-state index is 0.188. The highest BCUT2D eigenvalue weighted by Crippen LogP contribution is 2.39. The third-order valence-electron chi connectivity index (χ3n) is 3.56.